The molecule has 130 valence electrons. The third-order valence-corrected chi connectivity index (χ3v) is 5.87. The van der Waals surface area contributed by atoms with Crippen molar-refractivity contribution in [2.45, 2.75) is 17.8 Å². The average Bonchev–Trinajstić information content (AvgIpc) is 3.05. The lowest BCUT2D eigenvalue weighted by Crippen LogP contribution is -2.08. The normalized spacial score (nSPS) is 11.2. The molecule has 2 aromatic heterocycles. The van der Waals surface area contributed by atoms with Crippen LogP contribution in [0, 0.1) is 12.7 Å². The van der Waals surface area contributed by atoms with Crippen LogP contribution in [0.5, 0.6) is 0 Å². The van der Waals surface area contributed by atoms with Gasteiger partial charge in [0.1, 0.15) is 10.6 Å². The molecule has 2 heterocycles. The van der Waals surface area contributed by atoms with E-state index in [0.29, 0.717) is 21.1 Å². The van der Waals surface area contributed by atoms with Crippen LogP contribution in [0.1, 0.15) is 11.1 Å². The number of hydrogen-bond donors (Lipinski definition) is 1. The summed E-state index contributed by atoms with van der Waals surface area (Å²) in [6.45, 7) is 2.03. The number of benzene rings is 2. The van der Waals surface area contributed by atoms with Crippen LogP contribution < -0.4 is 5.56 Å². The standard InChI is InChI=1S/C20H15FN2OS2/c1-12-5-7-14(8-6-12)16-11-25-19-17(16)18(24)22-20(23-19)26-10-13-3-2-4-15(21)9-13/h2-9,11H,10H2,1H3,(H,22,23,24). The quantitative estimate of drug-likeness (QED) is 0.380. The summed E-state index contributed by atoms with van der Waals surface area (Å²) in [5.41, 5.74) is 3.80. The summed E-state index contributed by atoms with van der Waals surface area (Å²) in [6, 6.07) is 14.5. The first kappa shape index (κ1) is 17.0. The Morgan fingerprint density at radius 2 is 2.00 bits per heavy atom. The average molecular weight is 382 g/mol. The molecule has 2 aromatic carbocycles. The zero-order valence-corrected chi connectivity index (χ0v) is 15.6. The van der Waals surface area contributed by atoms with Gasteiger partial charge in [-0.1, -0.05) is 53.7 Å². The van der Waals surface area contributed by atoms with Crippen LogP contribution in [0.4, 0.5) is 4.39 Å². The Hall–Kier alpha value is -2.44. The van der Waals surface area contributed by atoms with Crippen molar-refractivity contribution in [1.29, 1.82) is 0 Å². The number of thioether (sulfide) groups is 1. The van der Waals surface area contributed by atoms with Gasteiger partial charge in [-0.05, 0) is 30.2 Å². The van der Waals surface area contributed by atoms with Gasteiger partial charge in [-0.3, -0.25) is 4.79 Å². The molecule has 6 heteroatoms. The first-order valence-corrected chi connectivity index (χ1v) is 9.92. The predicted molar refractivity (Wildman–Crippen MR) is 106 cm³/mol. The number of thiophene rings is 1. The number of aromatic nitrogens is 2. The molecular weight excluding hydrogens is 367 g/mol. The zero-order valence-electron chi connectivity index (χ0n) is 14.0. The van der Waals surface area contributed by atoms with Crippen molar-refractivity contribution in [3.05, 3.63) is 81.2 Å². The van der Waals surface area contributed by atoms with Gasteiger partial charge in [0.15, 0.2) is 5.16 Å². The van der Waals surface area contributed by atoms with E-state index >= 15 is 0 Å². The monoisotopic (exact) mass is 382 g/mol. The molecule has 26 heavy (non-hydrogen) atoms. The molecule has 1 N–H and O–H groups in total. The Labute approximate surface area is 157 Å². The van der Waals surface area contributed by atoms with Crippen molar-refractivity contribution in [2.24, 2.45) is 0 Å². The van der Waals surface area contributed by atoms with Gasteiger partial charge in [-0.2, -0.15) is 0 Å². The van der Waals surface area contributed by atoms with Gasteiger partial charge in [0, 0.05) is 16.7 Å². The molecule has 0 aliphatic heterocycles. The van der Waals surface area contributed by atoms with Crippen LogP contribution in [-0.4, -0.2) is 9.97 Å². The minimum atomic E-state index is -0.263. The van der Waals surface area contributed by atoms with E-state index in [4.69, 9.17) is 0 Å². The van der Waals surface area contributed by atoms with E-state index in [1.54, 1.807) is 6.07 Å². The fourth-order valence-electron chi connectivity index (χ4n) is 2.72. The van der Waals surface area contributed by atoms with Crippen molar-refractivity contribution in [2.75, 3.05) is 0 Å². The van der Waals surface area contributed by atoms with Crippen LogP contribution in [0.25, 0.3) is 21.3 Å². The topological polar surface area (TPSA) is 45.8 Å². The van der Waals surface area contributed by atoms with Crippen LogP contribution in [0.15, 0.2) is 63.9 Å². The highest BCUT2D eigenvalue weighted by molar-refractivity contribution is 7.98. The first-order valence-electron chi connectivity index (χ1n) is 8.06. The Balaban J connectivity index is 1.65. The van der Waals surface area contributed by atoms with Gasteiger partial charge in [0.2, 0.25) is 0 Å². The lowest BCUT2D eigenvalue weighted by molar-refractivity contribution is 0.626. The molecule has 0 saturated carbocycles. The highest BCUT2D eigenvalue weighted by Gasteiger charge is 2.13. The third-order valence-electron chi connectivity index (χ3n) is 4.05. The fraction of sp³-hybridized carbons (Fsp3) is 0.100. The highest BCUT2D eigenvalue weighted by atomic mass is 32.2. The molecule has 4 rings (SSSR count). The number of H-pyrrole nitrogens is 1. The molecule has 0 spiro atoms. The van der Waals surface area contributed by atoms with E-state index in [-0.39, 0.29) is 11.4 Å². The number of aryl methyl sites for hydroxylation is 1. The van der Waals surface area contributed by atoms with Crippen molar-refractivity contribution < 1.29 is 4.39 Å². The number of nitrogens with zero attached hydrogens (tertiary/aromatic N) is 1. The van der Waals surface area contributed by atoms with Gasteiger partial charge in [-0.15, -0.1) is 11.3 Å². The number of rotatable bonds is 4. The highest BCUT2D eigenvalue weighted by Crippen LogP contribution is 2.32. The third kappa shape index (κ3) is 3.43. The van der Waals surface area contributed by atoms with E-state index in [2.05, 4.69) is 9.97 Å². The summed E-state index contributed by atoms with van der Waals surface area (Å²) in [4.78, 5) is 20.8. The second kappa shape index (κ2) is 7.05. The Bertz CT molecular complexity index is 1130. The molecule has 0 amide bonds. The summed E-state index contributed by atoms with van der Waals surface area (Å²) in [6.07, 6.45) is 0. The number of hydrogen-bond acceptors (Lipinski definition) is 4. The van der Waals surface area contributed by atoms with Crippen molar-refractivity contribution in [3.63, 3.8) is 0 Å². The van der Waals surface area contributed by atoms with Crippen LogP contribution in [0.3, 0.4) is 0 Å². The lowest BCUT2D eigenvalue weighted by atomic mass is 10.1. The molecule has 0 atom stereocenters. The maximum absolute atomic E-state index is 13.3. The summed E-state index contributed by atoms with van der Waals surface area (Å²) in [5.74, 6) is 0.281. The number of halogens is 1. The minimum absolute atomic E-state index is 0.145. The van der Waals surface area contributed by atoms with Gasteiger partial charge >= 0.3 is 0 Å². The predicted octanol–water partition coefficient (Wildman–Crippen LogP) is 5.39. The van der Waals surface area contributed by atoms with E-state index in [1.807, 2.05) is 42.6 Å². The molecule has 0 radical (unpaired) electrons. The summed E-state index contributed by atoms with van der Waals surface area (Å²) >= 11 is 2.85. The molecule has 4 aromatic rings. The second-order valence-corrected chi connectivity index (χ2v) is 7.81. The maximum Gasteiger partial charge on any atom is 0.260 e. The summed E-state index contributed by atoms with van der Waals surface area (Å²) < 4.78 is 13.3. The Morgan fingerprint density at radius 1 is 1.19 bits per heavy atom. The SMILES string of the molecule is Cc1ccc(-c2csc3nc(SCc4cccc(F)c4)[nH]c(=O)c23)cc1. The maximum atomic E-state index is 13.3. The Kier molecular flexibility index (Phi) is 4.61. The Morgan fingerprint density at radius 3 is 2.77 bits per heavy atom. The first-order chi connectivity index (χ1) is 12.6. The number of fused-ring (bicyclic) bond motifs is 1. The number of aromatic amines is 1. The van der Waals surface area contributed by atoms with E-state index < -0.39 is 0 Å². The van der Waals surface area contributed by atoms with Gasteiger partial charge in [-0.25, -0.2) is 9.37 Å². The van der Waals surface area contributed by atoms with E-state index in [0.717, 1.165) is 16.7 Å². The molecule has 0 bridgehead atoms. The van der Waals surface area contributed by atoms with Gasteiger partial charge < -0.3 is 4.98 Å². The van der Waals surface area contributed by atoms with Crippen molar-refractivity contribution >= 4 is 33.3 Å². The summed E-state index contributed by atoms with van der Waals surface area (Å²) in [5, 5.41) is 3.14. The van der Waals surface area contributed by atoms with E-state index in [9.17, 15) is 9.18 Å². The minimum Gasteiger partial charge on any atom is -0.301 e. The van der Waals surface area contributed by atoms with Crippen LogP contribution >= 0.6 is 23.1 Å². The van der Waals surface area contributed by atoms with Crippen molar-refractivity contribution in [1.82, 2.24) is 9.97 Å². The zero-order chi connectivity index (χ0) is 18.1. The van der Waals surface area contributed by atoms with Crippen LogP contribution in [0.2, 0.25) is 0 Å². The second-order valence-electron chi connectivity index (χ2n) is 5.99. The van der Waals surface area contributed by atoms with Gasteiger partial charge in [0.05, 0.1) is 5.39 Å². The lowest BCUT2D eigenvalue weighted by Gasteiger charge is -2.03. The number of nitrogens with one attached hydrogen (secondary N) is 1. The molecule has 3 nitrogen and oxygen atoms in total. The molecule has 0 saturated heterocycles. The molecule has 0 aliphatic carbocycles. The van der Waals surface area contributed by atoms with Gasteiger partial charge in [0.25, 0.3) is 5.56 Å². The molecule has 0 aliphatic rings. The summed E-state index contributed by atoms with van der Waals surface area (Å²) in [7, 11) is 0. The van der Waals surface area contributed by atoms with Crippen molar-refractivity contribution in [3.8, 4) is 11.1 Å². The largest absolute Gasteiger partial charge is 0.301 e. The molecule has 0 fully saturated rings. The molecule has 0 unspecified atom stereocenters. The smallest absolute Gasteiger partial charge is 0.260 e. The van der Waals surface area contributed by atoms with E-state index in [1.165, 1.54) is 40.8 Å². The molecular formula is C20H15FN2OS2. The fourth-order valence-corrected chi connectivity index (χ4v) is 4.53. The van der Waals surface area contributed by atoms with Crippen LogP contribution in [-0.2, 0) is 5.75 Å².